The maximum absolute atomic E-state index is 13.5. The van der Waals surface area contributed by atoms with Crippen LogP contribution in [0.15, 0.2) is 62.4 Å². The summed E-state index contributed by atoms with van der Waals surface area (Å²) in [5, 5.41) is 14.4. The number of H-pyrrole nitrogens is 1. The second-order valence-corrected chi connectivity index (χ2v) is 7.76. The second-order valence-electron chi connectivity index (χ2n) is 5.96. The van der Waals surface area contributed by atoms with E-state index >= 15 is 0 Å². The number of thiophene rings is 1. The second kappa shape index (κ2) is 7.26. The molecule has 8 nitrogen and oxygen atoms in total. The van der Waals surface area contributed by atoms with Crippen LogP contribution in [-0.2, 0) is 5.75 Å². The third-order valence-electron chi connectivity index (χ3n) is 4.11. The highest BCUT2D eigenvalue weighted by molar-refractivity contribution is 7.98. The van der Waals surface area contributed by atoms with Gasteiger partial charge >= 0.3 is 0 Å². The zero-order chi connectivity index (χ0) is 19.8. The largest absolute Gasteiger partial charge is 0.464 e. The Morgan fingerprint density at radius 1 is 1.28 bits per heavy atom. The minimum Gasteiger partial charge on any atom is -0.464 e. The molecule has 0 atom stereocenters. The summed E-state index contributed by atoms with van der Waals surface area (Å²) < 4.78 is 20.3. The third-order valence-corrected chi connectivity index (χ3v) is 5.91. The average Bonchev–Trinajstić information content (AvgIpc) is 3.46. The topological polar surface area (TPSA) is 102 Å². The van der Waals surface area contributed by atoms with Gasteiger partial charge in [0.15, 0.2) is 0 Å². The van der Waals surface area contributed by atoms with E-state index in [1.165, 1.54) is 39.9 Å². The molecule has 0 bridgehead atoms. The molecule has 0 fully saturated rings. The van der Waals surface area contributed by atoms with E-state index in [9.17, 15) is 9.18 Å². The van der Waals surface area contributed by atoms with Gasteiger partial charge in [0.1, 0.15) is 22.2 Å². The molecule has 5 aromatic rings. The molecule has 5 rings (SSSR count). The highest BCUT2D eigenvalue weighted by atomic mass is 32.2. The van der Waals surface area contributed by atoms with Crippen LogP contribution in [0.1, 0.15) is 5.82 Å². The molecule has 11 heteroatoms. The van der Waals surface area contributed by atoms with Gasteiger partial charge in [-0.15, -0.1) is 16.4 Å². The number of aromatic amines is 1. The van der Waals surface area contributed by atoms with Gasteiger partial charge in [-0.1, -0.05) is 17.8 Å². The van der Waals surface area contributed by atoms with Crippen molar-refractivity contribution in [2.75, 3.05) is 0 Å². The molecule has 29 heavy (non-hydrogen) atoms. The highest BCUT2D eigenvalue weighted by Crippen LogP contribution is 2.31. The molecule has 0 aliphatic rings. The number of nitrogens with zero attached hydrogens (tertiary/aromatic N) is 5. The Labute approximate surface area is 170 Å². The molecule has 0 spiro atoms. The van der Waals surface area contributed by atoms with Gasteiger partial charge in [0.2, 0.25) is 5.16 Å². The minimum atomic E-state index is -0.379. The van der Waals surface area contributed by atoms with E-state index in [1.54, 1.807) is 30.5 Å². The van der Waals surface area contributed by atoms with Crippen LogP contribution in [0.5, 0.6) is 0 Å². The molecule has 0 aliphatic heterocycles. The molecule has 0 unspecified atom stereocenters. The van der Waals surface area contributed by atoms with Crippen LogP contribution in [-0.4, -0.2) is 30.2 Å². The van der Waals surface area contributed by atoms with Gasteiger partial charge < -0.3 is 9.40 Å². The molecule has 0 radical (unpaired) electrons. The van der Waals surface area contributed by atoms with Crippen LogP contribution in [0, 0.1) is 5.82 Å². The number of thioether (sulfide) groups is 1. The fraction of sp³-hybridized carbons (Fsp3) is 0.0556. The van der Waals surface area contributed by atoms with Crippen molar-refractivity contribution in [2.45, 2.75) is 10.9 Å². The van der Waals surface area contributed by atoms with E-state index in [-0.39, 0.29) is 11.4 Å². The number of hydrogen-bond acceptors (Lipinski definition) is 8. The predicted octanol–water partition coefficient (Wildman–Crippen LogP) is 3.65. The number of halogens is 1. The molecule has 1 N–H and O–H groups in total. The van der Waals surface area contributed by atoms with Gasteiger partial charge in [-0.25, -0.2) is 9.37 Å². The van der Waals surface area contributed by atoms with Gasteiger partial charge in [-0.3, -0.25) is 4.79 Å². The van der Waals surface area contributed by atoms with E-state index in [1.807, 2.05) is 5.38 Å². The zero-order valence-corrected chi connectivity index (χ0v) is 16.2. The molecular formula is C18H11FN6O2S2. The lowest BCUT2D eigenvalue weighted by atomic mass is 10.2. The first-order chi connectivity index (χ1) is 14.2. The number of hydrogen-bond donors (Lipinski definition) is 1. The normalized spacial score (nSPS) is 11.3. The van der Waals surface area contributed by atoms with E-state index in [0.29, 0.717) is 38.4 Å². The van der Waals surface area contributed by atoms with Crippen LogP contribution >= 0.6 is 23.1 Å². The number of rotatable bonds is 5. The Bertz CT molecular complexity index is 1360. The van der Waals surface area contributed by atoms with E-state index in [0.717, 1.165) is 5.56 Å². The van der Waals surface area contributed by atoms with Gasteiger partial charge in [0, 0.05) is 10.9 Å². The quantitative estimate of drug-likeness (QED) is 0.428. The summed E-state index contributed by atoms with van der Waals surface area (Å²) in [7, 11) is 0. The first-order valence-electron chi connectivity index (χ1n) is 8.40. The molecule has 1 aromatic carbocycles. The highest BCUT2D eigenvalue weighted by Gasteiger charge is 2.16. The van der Waals surface area contributed by atoms with Crippen LogP contribution < -0.4 is 5.56 Å². The lowest BCUT2D eigenvalue weighted by Gasteiger charge is -2.04. The molecule has 0 saturated carbocycles. The first kappa shape index (κ1) is 17.8. The Morgan fingerprint density at radius 3 is 3.03 bits per heavy atom. The van der Waals surface area contributed by atoms with Crippen molar-refractivity contribution in [3.63, 3.8) is 0 Å². The molecular weight excluding hydrogens is 415 g/mol. The van der Waals surface area contributed by atoms with Crippen molar-refractivity contribution < 1.29 is 8.81 Å². The molecule has 0 saturated heterocycles. The van der Waals surface area contributed by atoms with Crippen LogP contribution in [0.25, 0.3) is 27.2 Å². The van der Waals surface area contributed by atoms with Gasteiger partial charge in [-0.05, 0) is 40.8 Å². The monoisotopic (exact) mass is 426 g/mol. The summed E-state index contributed by atoms with van der Waals surface area (Å²) in [6.45, 7) is 0. The van der Waals surface area contributed by atoms with Crippen molar-refractivity contribution >= 4 is 33.3 Å². The molecule has 4 aromatic heterocycles. The summed E-state index contributed by atoms with van der Waals surface area (Å²) in [6.07, 6.45) is 1.56. The van der Waals surface area contributed by atoms with Crippen LogP contribution in [0.2, 0.25) is 0 Å². The molecule has 4 heterocycles. The zero-order valence-electron chi connectivity index (χ0n) is 14.6. The standard InChI is InChI=1S/C18H11FN6O2S2/c19-10-3-1-4-11(7-10)25-18(22-23-24-25)29-9-14-20-16(26)15-12(8-28-17(15)21-14)13-5-2-6-27-13/h1-8H,9H2,(H,20,21,26). The fourth-order valence-electron chi connectivity index (χ4n) is 2.85. The van der Waals surface area contributed by atoms with Gasteiger partial charge in [0.25, 0.3) is 5.56 Å². The predicted molar refractivity (Wildman–Crippen MR) is 107 cm³/mol. The van der Waals surface area contributed by atoms with Crippen LogP contribution in [0.3, 0.4) is 0 Å². The number of benzene rings is 1. The fourth-order valence-corrected chi connectivity index (χ4v) is 4.55. The van der Waals surface area contributed by atoms with Crippen molar-refractivity contribution in [2.24, 2.45) is 0 Å². The Morgan fingerprint density at radius 2 is 2.21 bits per heavy atom. The number of tetrazole rings is 1. The van der Waals surface area contributed by atoms with Crippen molar-refractivity contribution in [1.82, 2.24) is 30.2 Å². The van der Waals surface area contributed by atoms with E-state index in [4.69, 9.17) is 4.42 Å². The molecule has 0 aliphatic carbocycles. The van der Waals surface area contributed by atoms with E-state index in [2.05, 4.69) is 25.5 Å². The summed E-state index contributed by atoms with van der Waals surface area (Å²) in [6, 6.07) is 9.56. The smallest absolute Gasteiger partial charge is 0.260 e. The first-order valence-corrected chi connectivity index (χ1v) is 10.3. The van der Waals surface area contributed by atoms with Gasteiger partial charge in [-0.2, -0.15) is 4.68 Å². The number of fused-ring (bicyclic) bond motifs is 1. The summed E-state index contributed by atoms with van der Waals surface area (Å²) in [5.41, 5.74) is 0.997. The average molecular weight is 426 g/mol. The van der Waals surface area contributed by atoms with Crippen molar-refractivity contribution in [3.8, 4) is 17.0 Å². The molecule has 0 amide bonds. The summed E-state index contributed by atoms with van der Waals surface area (Å²) >= 11 is 2.67. The lowest BCUT2D eigenvalue weighted by Crippen LogP contribution is -2.11. The molecule has 144 valence electrons. The van der Waals surface area contributed by atoms with Crippen molar-refractivity contribution in [1.29, 1.82) is 0 Å². The summed E-state index contributed by atoms with van der Waals surface area (Å²) in [4.78, 5) is 20.6. The minimum absolute atomic E-state index is 0.233. The van der Waals surface area contributed by atoms with Gasteiger partial charge in [0.05, 0.1) is 23.1 Å². The number of nitrogens with one attached hydrogen (secondary N) is 1. The van der Waals surface area contributed by atoms with E-state index < -0.39 is 0 Å². The Hall–Kier alpha value is -3.31. The third kappa shape index (κ3) is 3.34. The number of aromatic nitrogens is 6. The SMILES string of the molecule is O=c1[nH]c(CSc2nnnn2-c2cccc(F)c2)nc2scc(-c3ccco3)c12. The van der Waals surface area contributed by atoms with Crippen LogP contribution in [0.4, 0.5) is 4.39 Å². The summed E-state index contributed by atoms with van der Waals surface area (Å²) in [5.74, 6) is 1.08. The Balaban J connectivity index is 1.43. The number of furan rings is 1. The lowest BCUT2D eigenvalue weighted by molar-refractivity contribution is 0.583. The maximum Gasteiger partial charge on any atom is 0.260 e. The van der Waals surface area contributed by atoms with Crippen molar-refractivity contribution in [3.05, 3.63) is 70.0 Å². The maximum atomic E-state index is 13.5. The Kier molecular flexibility index (Phi) is 4.45.